The van der Waals surface area contributed by atoms with Crippen LogP contribution >= 0.6 is 43.2 Å². The van der Waals surface area contributed by atoms with Crippen molar-refractivity contribution in [2.45, 2.75) is 11.9 Å². The molecule has 0 spiro atoms. The molecule has 0 radical (unpaired) electrons. The molecule has 2 rings (SSSR count). The van der Waals surface area contributed by atoms with E-state index in [1.807, 2.05) is 24.3 Å². The summed E-state index contributed by atoms with van der Waals surface area (Å²) >= 11 is 8.56. The first-order valence-electron chi connectivity index (χ1n) is 5.00. The standard InChI is InChI=1S/C11H11Br2N3S/c1-16(6-10-2-9(13)7-17-10)11-14-4-8(3-12)5-15-11/h2,4-5,7H,3,6H2,1H3. The van der Waals surface area contributed by atoms with Gasteiger partial charge in [-0.15, -0.1) is 11.3 Å². The molecule has 0 aromatic carbocycles. The number of rotatable bonds is 4. The lowest BCUT2D eigenvalue weighted by molar-refractivity contribution is 0.874. The fourth-order valence-corrected chi connectivity index (χ4v) is 3.15. The summed E-state index contributed by atoms with van der Waals surface area (Å²) in [5, 5.41) is 2.87. The second kappa shape index (κ2) is 5.93. The lowest BCUT2D eigenvalue weighted by Gasteiger charge is -2.15. The van der Waals surface area contributed by atoms with Gasteiger partial charge in [0, 0.05) is 39.5 Å². The smallest absolute Gasteiger partial charge is 0.225 e. The number of hydrogen-bond donors (Lipinski definition) is 0. The van der Waals surface area contributed by atoms with Crippen LogP contribution in [0, 0.1) is 0 Å². The van der Waals surface area contributed by atoms with E-state index in [-0.39, 0.29) is 0 Å². The van der Waals surface area contributed by atoms with Gasteiger partial charge in [0.15, 0.2) is 0 Å². The van der Waals surface area contributed by atoms with Crippen molar-refractivity contribution in [1.82, 2.24) is 9.97 Å². The van der Waals surface area contributed by atoms with E-state index < -0.39 is 0 Å². The largest absolute Gasteiger partial charge is 0.339 e. The van der Waals surface area contributed by atoms with Gasteiger partial charge in [-0.25, -0.2) is 9.97 Å². The van der Waals surface area contributed by atoms with Crippen molar-refractivity contribution in [3.8, 4) is 0 Å². The molecule has 0 unspecified atom stereocenters. The highest BCUT2D eigenvalue weighted by Crippen LogP contribution is 2.21. The summed E-state index contributed by atoms with van der Waals surface area (Å²) in [6.45, 7) is 0.823. The van der Waals surface area contributed by atoms with Crippen LogP contribution in [0.5, 0.6) is 0 Å². The molecule has 90 valence electrons. The Morgan fingerprint density at radius 3 is 2.59 bits per heavy atom. The lowest BCUT2D eigenvalue weighted by atomic mass is 10.4. The van der Waals surface area contributed by atoms with Gasteiger partial charge in [0.25, 0.3) is 0 Å². The molecule has 17 heavy (non-hydrogen) atoms. The predicted molar refractivity (Wildman–Crippen MR) is 78.8 cm³/mol. The SMILES string of the molecule is CN(Cc1cc(Br)cs1)c1ncc(CBr)cn1. The van der Waals surface area contributed by atoms with Crippen LogP contribution in [-0.4, -0.2) is 17.0 Å². The molecule has 0 fully saturated rings. The third-order valence-corrected chi connectivity index (χ3v) is 4.53. The van der Waals surface area contributed by atoms with Gasteiger partial charge in [-0.3, -0.25) is 0 Å². The Kier molecular flexibility index (Phi) is 4.53. The summed E-state index contributed by atoms with van der Waals surface area (Å²) in [7, 11) is 2.00. The lowest BCUT2D eigenvalue weighted by Crippen LogP contribution is -2.18. The second-order valence-corrected chi connectivity index (χ2v) is 6.08. The summed E-state index contributed by atoms with van der Waals surface area (Å²) in [5.74, 6) is 0.749. The van der Waals surface area contributed by atoms with E-state index in [0.717, 1.165) is 27.9 Å². The molecule has 6 heteroatoms. The van der Waals surface area contributed by atoms with Crippen molar-refractivity contribution in [1.29, 1.82) is 0 Å². The molecule has 0 saturated heterocycles. The van der Waals surface area contributed by atoms with Gasteiger partial charge in [0.05, 0.1) is 6.54 Å². The zero-order valence-corrected chi connectivity index (χ0v) is 13.2. The number of hydrogen-bond acceptors (Lipinski definition) is 4. The fraction of sp³-hybridized carbons (Fsp3) is 0.273. The first-order valence-corrected chi connectivity index (χ1v) is 7.79. The van der Waals surface area contributed by atoms with Crippen molar-refractivity contribution >= 4 is 49.1 Å². The quantitative estimate of drug-likeness (QED) is 0.759. The Morgan fingerprint density at radius 2 is 2.06 bits per heavy atom. The highest BCUT2D eigenvalue weighted by Gasteiger charge is 2.06. The Labute approximate surface area is 121 Å². The highest BCUT2D eigenvalue weighted by atomic mass is 79.9. The summed E-state index contributed by atoms with van der Waals surface area (Å²) in [6.07, 6.45) is 3.69. The molecule has 0 aliphatic carbocycles. The van der Waals surface area contributed by atoms with Crippen LogP contribution in [-0.2, 0) is 11.9 Å². The van der Waals surface area contributed by atoms with E-state index in [1.165, 1.54) is 4.88 Å². The molecule has 0 amide bonds. The minimum atomic E-state index is 0.749. The average molecular weight is 377 g/mol. The summed E-state index contributed by atoms with van der Waals surface area (Å²) in [5.41, 5.74) is 1.08. The van der Waals surface area contributed by atoms with Crippen LogP contribution in [0.1, 0.15) is 10.4 Å². The highest BCUT2D eigenvalue weighted by molar-refractivity contribution is 9.10. The number of aromatic nitrogens is 2. The zero-order chi connectivity index (χ0) is 12.3. The fourth-order valence-electron chi connectivity index (χ4n) is 1.36. The normalized spacial score (nSPS) is 10.5. The van der Waals surface area contributed by atoms with Gasteiger partial charge in [-0.05, 0) is 27.6 Å². The number of alkyl halides is 1. The second-order valence-electron chi connectivity index (χ2n) is 3.61. The molecule has 0 atom stereocenters. The molecule has 0 N–H and O–H groups in total. The Morgan fingerprint density at radius 1 is 1.35 bits per heavy atom. The van der Waals surface area contributed by atoms with Gasteiger partial charge < -0.3 is 4.90 Å². The van der Waals surface area contributed by atoms with Gasteiger partial charge in [-0.1, -0.05) is 15.9 Å². The molecule has 0 aliphatic heterocycles. The maximum atomic E-state index is 4.33. The van der Waals surface area contributed by atoms with E-state index in [4.69, 9.17) is 0 Å². The minimum absolute atomic E-state index is 0.749. The molecular formula is C11H11Br2N3S. The molecule has 0 aliphatic rings. The molecule has 0 saturated carbocycles. The first-order chi connectivity index (χ1) is 8.19. The number of anilines is 1. The van der Waals surface area contributed by atoms with Crippen LogP contribution in [0.2, 0.25) is 0 Å². The third kappa shape index (κ3) is 3.50. The van der Waals surface area contributed by atoms with Crippen LogP contribution in [0.3, 0.4) is 0 Å². The van der Waals surface area contributed by atoms with E-state index in [2.05, 4.69) is 53.3 Å². The van der Waals surface area contributed by atoms with Crippen LogP contribution < -0.4 is 4.90 Å². The van der Waals surface area contributed by atoms with E-state index in [0.29, 0.717) is 0 Å². The molecular weight excluding hydrogens is 366 g/mol. The van der Waals surface area contributed by atoms with Gasteiger partial charge in [-0.2, -0.15) is 0 Å². The van der Waals surface area contributed by atoms with E-state index in [9.17, 15) is 0 Å². The number of thiophene rings is 1. The first kappa shape index (κ1) is 13.0. The predicted octanol–water partition coefficient (Wildman–Crippen LogP) is 3.83. The maximum absolute atomic E-state index is 4.33. The monoisotopic (exact) mass is 375 g/mol. The Hall–Kier alpha value is -0.460. The van der Waals surface area contributed by atoms with Crippen molar-refractivity contribution in [2.75, 3.05) is 11.9 Å². The molecule has 2 heterocycles. The summed E-state index contributed by atoms with van der Waals surface area (Å²) < 4.78 is 1.13. The van der Waals surface area contributed by atoms with Crippen molar-refractivity contribution in [3.05, 3.63) is 38.8 Å². The van der Waals surface area contributed by atoms with Crippen LogP contribution in [0.15, 0.2) is 28.3 Å². The average Bonchev–Trinajstić information content (AvgIpc) is 2.75. The van der Waals surface area contributed by atoms with Gasteiger partial charge >= 0.3 is 0 Å². The van der Waals surface area contributed by atoms with Crippen molar-refractivity contribution in [2.24, 2.45) is 0 Å². The summed E-state index contributed by atoms with van der Waals surface area (Å²) in [4.78, 5) is 12.0. The molecule has 2 aromatic heterocycles. The third-order valence-electron chi connectivity index (χ3n) is 2.20. The van der Waals surface area contributed by atoms with Gasteiger partial charge in [0.2, 0.25) is 5.95 Å². The van der Waals surface area contributed by atoms with Crippen LogP contribution in [0.4, 0.5) is 5.95 Å². The van der Waals surface area contributed by atoms with E-state index >= 15 is 0 Å². The van der Waals surface area contributed by atoms with Gasteiger partial charge in [0.1, 0.15) is 0 Å². The molecule has 3 nitrogen and oxygen atoms in total. The van der Waals surface area contributed by atoms with Crippen molar-refractivity contribution in [3.63, 3.8) is 0 Å². The molecule has 2 aromatic rings. The Bertz CT molecular complexity index is 484. The molecule has 0 bridgehead atoms. The topological polar surface area (TPSA) is 29.0 Å². The number of halogens is 2. The summed E-state index contributed by atoms with van der Waals surface area (Å²) in [6, 6.07) is 2.12. The Balaban J connectivity index is 2.06. The maximum Gasteiger partial charge on any atom is 0.225 e. The minimum Gasteiger partial charge on any atom is -0.339 e. The van der Waals surface area contributed by atoms with Crippen molar-refractivity contribution < 1.29 is 0 Å². The van der Waals surface area contributed by atoms with Crippen LogP contribution in [0.25, 0.3) is 0 Å². The number of nitrogens with zero attached hydrogens (tertiary/aromatic N) is 3. The van der Waals surface area contributed by atoms with E-state index in [1.54, 1.807) is 11.3 Å². The zero-order valence-electron chi connectivity index (χ0n) is 9.23.